The van der Waals surface area contributed by atoms with E-state index in [4.69, 9.17) is 9.47 Å². The van der Waals surface area contributed by atoms with Gasteiger partial charge in [0.25, 0.3) is 0 Å². The number of hydrogen-bond donors (Lipinski definition) is 2. The zero-order chi connectivity index (χ0) is 23.9. The molecule has 0 radical (unpaired) electrons. The Morgan fingerprint density at radius 3 is 2.18 bits per heavy atom. The van der Waals surface area contributed by atoms with E-state index in [1.165, 1.54) is 12.8 Å². The molecule has 33 heavy (non-hydrogen) atoms. The van der Waals surface area contributed by atoms with Crippen LogP contribution in [0.4, 0.5) is 17.6 Å². The van der Waals surface area contributed by atoms with E-state index in [2.05, 4.69) is 0 Å². The van der Waals surface area contributed by atoms with E-state index in [0.29, 0.717) is 24.7 Å². The normalized spacial score (nSPS) is 50.5. The first kappa shape index (κ1) is 24.3. The lowest BCUT2D eigenvalue weighted by molar-refractivity contribution is -0.306. The molecule has 1 aliphatic heterocycles. The number of ether oxygens (including phenoxy) is 2. The Labute approximate surface area is 193 Å². The molecule has 0 aromatic rings. The third kappa shape index (κ3) is 3.95. The first-order valence-corrected chi connectivity index (χ1v) is 12.7. The van der Waals surface area contributed by atoms with Crippen molar-refractivity contribution in [3.63, 3.8) is 0 Å². The molecule has 4 aliphatic carbocycles. The molecule has 1 spiro atoms. The second-order valence-electron chi connectivity index (χ2n) is 12.3. The van der Waals surface area contributed by atoms with Crippen LogP contribution >= 0.6 is 0 Å². The third-order valence-corrected chi connectivity index (χ3v) is 10.2. The van der Waals surface area contributed by atoms with Crippen LogP contribution in [0.15, 0.2) is 0 Å². The van der Waals surface area contributed by atoms with E-state index in [1.54, 1.807) is 6.92 Å². The smallest absolute Gasteiger partial charge is 0.335 e. The van der Waals surface area contributed by atoms with Crippen molar-refractivity contribution in [1.82, 2.24) is 0 Å². The summed E-state index contributed by atoms with van der Waals surface area (Å²) in [5, 5.41) is 23.0. The highest BCUT2D eigenvalue weighted by Gasteiger charge is 2.64. The van der Waals surface area contributed by atoms with Gasteiger partial charge in [-0.2, -0.15) is 17.6 Å². The Bertz CT molecular complexity index is 737. The van der Waals surface area contributed by atoms with Crippen molar-refractivity contribution in [2.75, 3.05) is 13.2 Å². The lowest BCUT2D eigenvalue weighted by Crippen LogP contribution is -2.59. The van der Waals surface area contributed by atoms with Gasteiger partial charge >= 0.3 is 11.8 Å². The Balaban J connectivity index is 1.33. The zero-order valence-corrected chi connectivity index (χ0v) is 19.7. The Morgan fingerprint density at radius 1 is 0.848 bits per heavy atom. The number of hydrogen-bond acceptors (Lipinski definition) is 4. The zero-order valence-electron chi connectivity index (χ0n) is 19.7. The summed E-state index contributed by atoms with van der Waals surface area (Å²) in [4.78, 5) is 0. The van der Waals surface area contributed by atoms with Crippen LogP contribution in [-0.2, 0) is 9.47 Å². The first-order chi connectivity index (χ1) is 15.3. The molecule has 4 bridgehead atoms. The van der Waals surface area contributed by atoms with Crippen LogP contribution < -0.4 is 0 Å². The Hall–Kier alpha value is -0.440. The van der Waals surface area contributed by atoms with Crippen LogP contribution in [0.2, 0.25) is 0 Å². The number of fused-ring (bicyclic) bond motifs is 5. The van der Waals surface area contributed by atoms with Crippen LogP contribution in [0.3, 0.4) is 0 Å². The molecule has 1 saturated heterocycles. The van der Waals surface area contributed by atoms with Gasteiger partial charge in [-0.3, -0.25) is 0 Å². The predicted octanol–water partition coefficient (Wildman–Crippen LogP) is 5.15. The summed E-state index contributed by atoms with van der Waals surface area (Å²) in [6.07, 6.45) is 7.92. The van der Waals surface area contributed by atoms with Gasteiger partial charge in [0.15, 0.2) is 5.79 Å². The van der Waals surface area contributed by atoms with Crippen LogP contribution in [0, 0.1) is 35.5 Å². The fourth-order valence-corrected chi connectivity index (χ4v) is 8.17. The van der Waals surface area contributed by atoms with Crippen molar-refractivity contribution >= 4 is 0 Å². The highest BCUT2D eigenvalue weighted by molar-refractivity contribution is 5.06. The lowest BCUT2D eigenvalue weighted by atomic mass is 9.53. The second kappa shape index (κ2) is 7.78. The van der Waals surface area contributed by atoms with Gasteiger partial charge in [0.2, 0.25) is 0 Å². The molecule has 5 rings (SSSR count). The highest BCUT2D eigenvalue weighted by Crippen LogP contribution is 2.58. The van der Waals surface area contributed by atoms with Gasteiger partial charge in [-0.1, -0.05) is 12.8 Å². The molecule has 0 aromatic heterocycles. The fourth-order valence-electron chi connectivity index (χ4n) is 8.17. The Kier molecular flexibility index (Phi) is 5.72. The van der Waals surface area contributed by atoms with Crippen molar-refractivity contribution in [3.05, 3.63) is 0 Å². The van der Waals surface area contributed by atoms with E-state index in [9.17, 15) is 27.8 Å². The molecule has 5 fully saturated rings. The van der Waals surface area contributed by atoms with Crippen LogP contribution in [-0.4, -0.2) is 52.3 Å². The Morgan fingerprint density at radius 2 is 1.52 bits per heavy atom. The molecule has 4 saturated carbocycles. The molecule has 0 amide bonds. The van der Waals surface area contributed by atoms with Crippen LogP contribution in [0.5, 0.6) is 0 Å². The van der Waals surface area contributed by atoms with Crippen molar-refractivity contribution in [2.24, 2.45) is 35.5 Å². The van der Waals surface area contributed by atoms with Crippen LogP contribution in [0.25, 0.3) is 0 Å². The summed E-state index contributed by atoms with van der Waals surface area (Å²) in [6, 6.07) is 0. The molecule has 8 heteroatoms. The standard InChI is InChI=1S/C25H38F4O4/c1-21(30)12-19-10-16(6-7-23(19)32-13-24(26,27)25(28,29)14-33-23)20(21)11-18-9-15-4-3-5-17(8-15)22(18,2)31/h15-20,30-31H,3-14H2,1-2H3. The molecular formula is C25H38F4O4. The SMILES string of the molecule is CC1(O)CC2CC(CCC23OCC(F)(F)C(F)(F)CO3)C1CC1CC2CCCC(C2)C1(C)O. The summed E-state index contributed by atoms with van der Waals surface area (Å²) < 4.78 is 66.5. The largest absolute Gasteiger partial charge is 0.390 e. The predicted molar refractivity (Wildman–Crippen MR) is 113 cm³/mol. The van der Waals surface area contributed by atoms with Crippen LogP contribution in [0.1, 0.15) is 78.1 Å². The topological polar surface area (TPSA) is 58.9 Å². The fraction of sp³-hybridized carbons (Fsp3) is 1.00. The van der Waals surface area contributed by atoms with E-state index >= 15 is 0 Å². The monoisotopic (exact) mass is 478 g/mol. The summed E-state index contributed by atoms with van der Waals surface area (Å²) >= 11 is 0. The van der Waals surface area contributed by atoms with Crippen molar-refractivity contribution in [1.29, 1.82) is 0 Å². The maximum absolute atomic E-state index is 13.9. The third-order valence-electron chi connectivity index (χ3n) is 10.2. The van der Waals surface area contributed by atoms with Gasteiger partial charge in [0.05, 0.1) is 11.2 Å². The minimum atomic E-state index is -4.28. The molecule has 8 atom stereocenters. The molecule has 1 heterocycles. The molecular weight excluding hydrogens is 440 g/mol. The second-order valence-corrected chi connectivity index (χ2v) is 12.3. The number of aliphatic hydroxyl groups is 2. The van der Waals surface area contributed by atoms with E-state index < -0.39 is 48.0 Å². The quantitative estimate of drug-likeness (QED) is 0.539. The molecule has 190 valence electrons. The maximum Gasteiger partial charge on any atom is 0.335 e. The van der Waals surface area contributed by atoms with E-state index in [0.717, 1.165) is 25.7 Å². The minimum Gasteiger partial charge on any atom is -0.390 e. The number of rotatable bonds is 2. The summed E-state index contributed by atoms with van der Waals surface area (Å²) in [7, 11) is 0. The maximum atomic E-state index is 13.9. The van der Waals surface area contributed by atoms with Gasteiger partial charge in [-0.15, -0.1) is 0 Å². The minimum absolute atomic E-state index is 0.0324. The summed E-state index contributed by atoms with van der Waals surface area (Å²) in [5.74, 6) is -9.32. The summed E-state index contributed by atoms with van der Waals surface area (Å²) in [5.41, 5.74) is -1.85. The molecule has 2 N–H and O–H groups in total. The average Bonchev–Trinajstić information content (AvgIpc) is 2.81. The average molecular weight is 479 g/mol. The van der Waals surface area contributed by atoms with Gasteiger partial charge in [0.1, 0.15) is 13.2 Å². The van der Waals surface area contributed by atoms with Gasteiger partial charge in [0, 0.05) is 12.3 Å². The highest BCUT2D eigenvalue weighted by atomic mass is 19.3. The molecule has 8 unspecified atom stereocenters. The van der Waals surface area contributed by atoms with Gasteiger partial charge in [-0.25, -0.2) is 0 Å². The summed E-state index contributed by atoms with van der Waals surface area (Å²) in [6.45, 7) is 0.989. The first-order valence-electron chi connectivity index (χ1n) is 12.7. The lowest BCUT2D eigenvalue weighted by Gasteiger charge is -2.57. The number of alkyl halides is 4. The van der Waals surface area contributed by atoms with Crippen molar-refractivity contribution in [2.45, 2.75) is 107 Å². The van der Waals surface area contributed by atoms with Crippen molar-refractivity contribution in [3.8, 4) is 0 Å². The van der Waals surface area contributed by atoms with E-state index in [1.807, 2.05) is 6.92 Å². The van der Waals surface area contributed by atoms with E-state index in [-0.39, 0.29) is 30.6 Å². The molecule has 0 aromatic carbocycles. The van der Waals surface area contributed by atoms with Gasteiger partial charge in [-0.05, 0) is 88.4 Å². The molecule has 5 aliphatic rings. The number of halogens is 4. The van der Waals surface area contributed by atoms with Gasteiger partial charge < -0.3 is 19.7 Å². The van der Waals surface area contributed by atoms with Crippen molar-refractivity contribution < 1.29 is 37.2 Å². The molecule has 4 nitrogen and oxygen atoms in total.